The molecule has 6 atom stereocenters. The van der Waals surface area contributed by atoms with Gasteiger partial charge >= 0.3 is 12.0 Å². The number of nitrogens with zero attached hydrogens (tertiary/aromatic N) is 3. The highest BCUT2D eigenvalue weighted by Gasteiger charge is 2.45. The summed E-state index contributed by atoms with van der Waals surface area (Å²) in [4.78, 5) is 91.7. The molecule has 4 saturated heterocycles. The third kappa shape index (κ3) is 15.6. The zero-order valence-electron chi connectivity index (χ0n) is 35.8. The zero-order valence-corrected chi connectivity index (χ0v) is 35.8. The van der Waals surface area contributed by atoms with Gasteiger partial charge in [-0.15, -0.1) is 0 Å². The summed E-state index contributed by atoms with van der Waals surface area (Å²) < 4.78 is 5.53. The molecule has 2 aromatic rings. The first-order chi connectivity index (χ1) is 28.2. The largest absolute Gasteiger partial charge is 0.461 e. The molecule has 326 valence electrons. The molecule has 0 aliphatic carbocycles. The van der Waals surface area contributed by atoms with E-state index in [0.29, 0.717) is 44.5 Å². The van der Waals surface area contributed by atoms with Crippen molar-refractivity contribution in [2.24, 2.45) is 11.5 Å². The summed E-state index contributed by atoms with van der Waals surface area (Å²) >= 11 is 0. The van der Waals surface area contributed by atoms with E-state index in [1.807, 2.05) is 52.0 Å². The minimum atomic E-state index is -0.844. The average molecular weight is 823 g/mol. The summed E-state index contributed by atoms with van der Waals surface area (Å²) in [6, 6.07) is 15.3. The van der Waals surface area contributed by atoms with Crippen molar-refractivity contribution in [3.63, 3.8) is 0 Å². The molecule has 4 aliphatic heterocycles. The Balaban J connectivity index is 0.000000392. The van der Waals surface area contributed by atoms with Gasteiger partial charge in [0.05, 0.1) is 13.0 Å². The Bertz CT molecular complexity index is 1660. The fourth-order valence-corrected chi connectivity index (χ4v) is 7.01. The monoisotopic (exact) mass is 823 g/mol. The van der Waals surface area contributed by atoms with Gasteiger partial charge in [-0.05, 0) is 71.4 Å². The fraction of sp³-hybridized carbons (Fsp3) is 0.558. The Hall–Kier alpha value is -5.51. The first-order valence-electron chi connectivity index (χ1n) is 20.8. The van der Waals surface area contributed by atoms with Gasteiger partial charge in [0, 0.05) is 31.4 Å². The number of ether oxygens (including phenoxy) is 1. The normalized spacial score (nSPS) is 24.2. The van der Waals surface area contributed by atoms with Gasteiger partial charge in [-0.3, -0.25) is 24.0 Å². The molecule has 0 spiro atoms. The summed E-state index contributed by atoms with van der Waals surface area (Å²) in [5, 5.41) is 7.61. The number of benzene rings is 2. The molecule has 7 N–H and O–H groups in total. The van der Waals surface area contributed by atoms with Crippen LogP contribution in [0.1, 0.15) is 92.1 Å². The number of nitrogens with two attached hydrogens (primary N) is 2. The molecule has 59 heavy (non-hydrogen) atoms. The third-order valence-corrected chi connectivity index (χ3v) is 9.74. The predicted molar refractivity (Wildman–Crippen MR) is 226 cm³/mol. The quantitative estimate of drug-likeness (QED) is 0.285. The summed E-state index contributed by atoms with van der Waals surface area (Å²) in [7, 11) is 0. The van der Waals surface area contributed by atoms with E-state index in [9.17, 15) is 33.6 Å². The number of hydrogen-bond acceptors (Lipinski definition) is 9. The van der Waals surface area contributed by atoms with Crippen LogP contribution in [0.25, 0.3) is 0 Å². The highest BCUT2D eigenvalue weighted by molar-refractivity contribution is 5.96. The van der Waals surface area contributed by atoms with Crippen molar-refractivity contribution in [1.82, 2.24) is 25.3 Å². The van der Waals surface area contributed by atoms with Gasteiger partial charge in [-0.2, -0.15) is 0 Å². The lowest BCUT2D eigenvalue weighted by Gasteiger charge is -2.38. The van der Waals surface area contributed by atoms with E-state index >= 15 is 0 Å². The van der Waals surface area contributed by atoms with Crippen molar-refractivity contribution in [3.8, 4) is 0 Å². The Morgan fingerprint density at radius 2 is 1.36 bits per heavy atom. The van der Waals surface area contributed by atoms with E-state index in [-0.39, 0.29) is 43.3 Å². The van der Waals surface area contributed by atoms with Crippen LogP contribution >= 0.6 is 0 Å². The van der Waals surface area contributed by atoms with Crippen LogP contribution in [0.3, 0.4) is 0 Å². The fourth-order valence-electron chi connectivity index (χ4n) is 7.01. The van der Waals surface area contributed by atoms with Gasteiger partial charge in [-0.25, -0.2) is 9.59 Å². The van der Waals surface area contributed by atoms with Crippen molar-refractivity contribution in [2.75, 3.05) is 31.5 Å². The molecule has 16 nitrogen and oxygen atoms in total. The van der Waals surface area contributed by atoms with Crippen molar-refractivity contribution >= 4 is 47.2 Å². The number of fused-ring (bicyclic) bond motifs is 3. The number of primary amides is 1. The smallest absolute Gasteiger partial charge is 0.329 e. The summed E-state index contributed by atoms with van der Waals surface area (Å²) in [6.07, 6.45) is 2.68. The Kier molecular flexibility index (Phi) is 21.7. The molecule has 0 bridgehead atoms. The van der Waals surface area contributed by atoms with Gasteiger partial charge in [0.25, 0.3) is 0 Å². The molecule has 4 aliphatic rings. The van der Waals surface area contributed by atoms with E-state index in [2.05, 4.69) is 35.0 Å². The second-order valence-electron chi connectivity index (χ2n) is 14.3. The number of urea groups is 1. The van der Waals surface area contributed by atoms with Gasteiger partial charge in [0.15, 0.2) is 0 Å². The minimum Gasteiger partial charge on any atom is -0.461 e. The van der Waals surface area contributed by atoms with Crippen LogP contribution in [0.15, 0.2) is 60.7 Å². The van der Waals surface area contributed by atoms with Gasteiger partial charge in [-0.1, -0.05) is 81.8 Å². The number of carbonyl (C=O) groups excluding carboxylic acids is 7. The number of nitrogens with one attached hydrogen (secondary N) is 3. The molecule has 0 aromatic heterocycles. The maximum absolute atomic E-state index is 13.6. The third-order valence-electron chi connectivity index (χ3n) is 9.74. The molecule has 7 amide bonds. The lowest BCUT2D eigenvalue weighted by Crippen LogP contribution is -2.59. The van der Waals surface area contributed by atoms with Crippen molar-refractivity contribution in [1.29, 1.82) is 0 Å². The number of esters is 1. The predicted octanol–water partition coefficient (Wildman–Crippen LogP) is 3.47. The van der Waals surface area contributed by atoms with E-state index in [4.69, 9.17) is 16.2 Å². The minimum absolute atomic E-state index is 0.0801. The highest BCUT2D eigenvalue weighted by atomic mass is 16.5. The first kappa shape index (κ1) is 49.6. The van der Waals surface area contributed by atoms with Crippen molar-refractivity contribution in [2.45, 2.75) is 130 Å². The van der Waals surface area contributed by atoms with Crippen LogP contribution in [0.4, 0.5) is 10.5 Å². The lowest BCUT2D eigenvalue weighted by molar-refractivity contribution is -0.160. The molecule has 6 unspecified atom stereocenters. The van der Waals surface area contributed by atoms with Crippen LogP contribution in [0.5, 0.6) is 0 Å². The molecule has 6 rings (SSSR count). The Morgan fingerprint density at radius 1 is 0.780 bits per heavy atom. The molecule has 0 saturated carbocycles. The van der Waals surface area contributed by atoms with Crippen molar-refractivity contribution < 1.29 is 38.3 Å². The number of carbonyl (C=O) groups is 7. The van der Waals surface area contributed by atoms with Gasteiger partial charge in [0.1, 0.15) is 30.3 Å². The van der Waals surface area contributed by atoms with Gasteiger partial charge in [0.2, 0.25) is 29.5 Å². The van der Waals surface area contributed by atoms with Crippen LogP contribution < -0.4 is 27.4 Å². The molecule has 4 fully saturated rings. The maximum Gasteiger partial charge on any atom is 0.329 e. The summed E-state index contributed by atoms with van der Waals surface area (Å²) in [5.74, 6) is -2.49. The summed E-state index contributed by atoms with van der Waals surface area (Å²) in [5.41, 5.74) is 13.0. The number of para-hydroxylation sites is 1. The number of amides is 7. The lowest BCUT2D eigenvalue weighted by atomic mass is 9.99. The first-order valence-corrected chi connectivity index (χ1v) is 20.8. The number of piperidine rings is 1. The van der Waals surface area contributed by atoms with E-state index < -0.39 is 54.1 Å². The highest BCUT2D eigenvalue weighted by Crippen LogP contribution is 2.27. The van der Waals surface area contributed by atoms with Crippen LogP contribution in [0.2, 0.25) is 0 Å². The van der Waals surface area contributed by atoms with Crippen LogP contribution in [0, 0.1) is 6.92 Å². The van der Waals surface area contributed by atoms with Crippen LogP contribution in [-0.2, 0) is 33.5 Å². The number of cyclic esters (lactones) is 1. The average Bonchev–Trinajstić information content (AvgIpc) is 3.89. The van der Waals surface area contributed by atoms with E-state index in [1.54, 1.807) is 43.0 Å². The second-order valence-corrected chi connectivity index (χ2v) is 14.3. The SMILES string of the molecule is CC.CC.CC1CC(=O)N2CC(N)CC2C(=O)N2CCCCC2C(=O)NC(C)C(=O)N2CCCC2C(=O)O1.Cc1ccccc1.NC(=O)CNC(=O)Nc1ccccc1. The topological polar surface area (TPSA) is 227 Å². The number of aryl methyl sites for hydroxylation is 1. The van der Waals surface area contributed by atoms with Crippen LogP contribution in [-0.4, -0.2) is 119 Å². The standard InChI is InChI=1S/C23H35N5O6.C9H11N3O2.C7H8.2C2H6/c1-13-10-19(29)28-12-15(24)11-18(28)22(32)26-8-4-3-6-16(26)20(30)25-14(2)21(31)27-9-5-7-17(27)23(33)34-13;10-8(13)6-11-9(14)12-7-4-2-1-3-5-7;1-7-5-3-2-4-6-7;2*1-2/h13-18H,3-12,24H2,1-2H3,(H,25,30);1-5H,6H2,(H2,10,13)(H2,11,12,14);2-6H,1H3;2*1-2H3. The summed E-state index contributed by atoms with van der Waals surface area (Å²) in [6.45, 7) is 14.2. The number of rotatable bonds is 3. The molecule has 2 aromatic carbocycles. The zero-order chi connectivity index (χ0) is 44.1. The molecular weight excluding hydrogens is 757 g/mol. The van der Waals surface area contributed by atoms with E-state index in [1.165, 1.54) is 15.4 Å². The molecular formula is C43H66N8O8. The number of anilines is 1. The van der Waals surface area contributed by atoms with Gasteiger partial charge < -0.3 is 46.9 Å². The second kappa shape index (κ2) is 25.8. The molecule has 16 heteroatoms. The Labute approximate surface area is 349 Å². The Morgan fingerprint density at radius 3 is 1.95 bits per heavy atom. The molecule has 0 radical (unpaired) electrons. The van der Waals surface area contributed by atoms with Crippen molar-refractivity contribution in [3.05, 3.63) is 66.2 Å². The molecule has 4 heterocycles. The maximum atomic E-state index is 13.6. The number of hydrogen-bond donors (Lipinski definition) is 5. The van der Waals surface area contributed by atoms with E-state index in [0.717, 1.165) is 12.8 Å².